The molecule has 2 rings (SSSR count). The Hall–Kier alpha value is -0.890. The fourth-order valence-corrected chi connectivity index (χ4v) is 4.17. The minimum atomic E-state index is -3.51. The normalized spacial score (nSPS) is 17.8. The molecule has 7 heteroatoms. The van der Waals surface area contributed by atoms with Crippen LogP contribution in [0.15, 0.2) is 9.31 Å². The van der Waals surface area contributed by atoms with Crippen molar-refractivity contribution in [3.63, 3.8) is 0 Å². The molecule has 1 fully saturated rings. The molecular weight excluding hydrogens is 268 g/mol. The van der Waals surface area contributed by atoms with Crippen LogP contribution in [-0.4, -0.2) is 46.1 Å². The molecule has 19 heavy (non-hydrogen) atoms. The Bertz CT molecular complexity index is 544. The maximum Gasteiger partial charge on any atom is 0.247 e. The zero-order chi connectivity index (χ0) is 14.0. The lowest BCUT2D eigenvalue weighted by Gasteiger charge is -2.26. The van der Waals surface area contributed by atoms with Gasteiger partial charge < -0.3 is 14.5 Å². The molecule has 0 radical (unpaired) electrons. The van der Waals surface area contributed by atoms with Crippen LogP contribution in [0.2, 0.25) is 0 Å². The molecule has 0 atom stereocenters. The Morgan fingerprint density at radius 2 is 1.84 bits per heavy atom. The van der Waals surface area contributed by atoms with E-state index in [0.717, 1.165) is 0 Å². The smallest absolute Gasteiger partial charge is 0.247 e. The van der Waals surface area contributed by atoms with E-state index in [1.165, 1.54) is 4.31 Å². The minimum absolute atomic E-state index is 0.307. The van der Waals surface area contributed by atoms with Gasteiger partial charge in [-0.05, 0) is 20.9 Å². The van der Waals surface area contributed by atoms with Crippen molar-refractivity contribution in [2.24, 2.45) is 0 Å². The lowest BCUT2D eigenvalue weighted by Crippen LogP contribution is -2.41. The number of aryl methyl sites for hydroxylation is 2. The highest BCUT2D eigenvalue weighted by molar-refractivity contribution is 7.89. The van der Waals surface area contributed by atoms with Crippen molar-refractivity contribution in [2.45, 2.75) is 25.3 Å². The van der Waals surface area contributed by atoms with Gasteiger partial charge in [0.15, 0.2) is 0 Å². The first-order chi connectivity index (χ1) is 8.98. The largest absolute Gasteiger partial charge is 0.465 e. The van der Waals surface area contributed by atoms with Gasteiger partial charge in [-0.3, -0.25) is 0 Å². The van der Waals surface area contributed by atoms with Gasteiger partial charge in [-0.25, -0.2) is 8.42 Å². The molecule has 1 aliphatic rings. The second kappa shape index (κ2) is 5.62. The molecule has 0 aromatic carbocycles. The lowest BCUT2D eigenvalue weighted by atomic mass is 10.2. The van der Waals surface area contributed by atoms with E-state index >= 15 is 0 Å². The Kier molecular flexibility index (Phi) is 4.29. The number of hydrogen-bond donors (Lipinski definition) is 1. The zero-order valence-electron chi connectivity index (χ0n) is 11.5. The number of ether oxygens (including phenoxy) is 1. The maximum absolute atomic E-state index is 12.7. The summed E-state index contributed by atoms with van der Waals surface area (Å²) in [6.45, 7) is 5.63. The van der Waals surface area contributed by atoms with E-state index in [2.05, 4.69) is 5.32 Å². The molecule has 0 spiro atoms. The van der Waals surface area contributed by atoms with E-state index in [0.29, 0.717) is 54.8 Å². The summed E-state index contributed by atoms with van der Waals surface area (Å²) in [5, 5.41) is 2.99. The Morgan fingerprint density at radius 3 is 2.42 bits per heavy atom. The molecule has 0 amide bonds. The van der Waals surface area contributed by atoms with E-state index in [-0.39, 0.29) is 0 Å². The highest BCUT2D eigenvalue weighted by Gasteiger charge is 2.33. The third kappa shape index (κ3) is 2.69. The number of morpholine rings is 1. The Labute approximate surface area is 113 Å². The van der Waals surface area contributed by atoms with E-state index in [4.69, 9.17) is 9.15 Å². The second-order valence-corrected chi connectivity index (χ2v) is 6.44. The number of furan rings is 1. The van der Waals surface area contributed by atoms with Crippen LogP contribution in [0.1, 0.15) is 17.1 Å². The van der Waals surface area contributed by atoms with Crippen molar-refractivity contribution in [3.8, 4) is 0 Å². The van der Waals surface area contributed by atoms with E-state index in [1.807, 2.05) is 0 Å². The van der Waals surface area contributed by atoms with Gasteiger partial charge in [0.05, 0.1) is 13.2 Å². The van der Waals surface area contributed by atoms with Gasteiger partial charge in [0.25, 0.3) is 0 Å². The lowest BCUT2D eigenvalue weighted by molar-refractivity contribution is 0.0730. The molecule has 0 aliphatic carbocycles. The van der Waals surface area contributed by atoms with Gasteiger partial charge >= 0.3 is 0 Å². The van der Waals surface area contributed by atoms with Crippen LogP contribution in [-0.2, 0) is 21.3 Å². The van der Waals surface area contributed by atoms with Gasteiger partial charge in [0.2, 0.25) is 10.0 Å². The van der Waals surface area contributed by atoms with Crippen molar-refractivity contribution in [1.29, 1.82) is 0 Å². The van der Waals surface area contributed by atoms with Crippen molar-refractivity contribution in [3.05, 3.63) is 17.1 Å². The monoisotopic (exact) mass is 288 g/mol. The number of sulfonamides is 1. The summed E-state index contributed by atoms with van der Waals surface area (Å²) in [5.74, 6) is 1.10. The van der Waals surface area contributed by atoms with E-state index in [1.54, 1.807) is 20.9 Å². The third-order valence-electron chi connectivity index (χ3n) is 3.25. The predicted octanol–water partition coefficient (Wildman–Crippen LogP) is 0.637. The molecular formula is C12H20N2O4S. The Balaban J connectivity index is 2.44. The fraction of sp³-hybridized carbons (Fsp3) is 0.667. The molecule has 6 nitrogen and oxygen atoms in total. The molecule has 1 N–H and O–H groups in total. The van der Waals surface area contributed by atoms with Crippen molar-refractivity contribution in [2.75, 3.05) is 33.4 Å². The van der Waals surface area contributed by atoms with Crippen LogP contribution in [0.5, 0.6) is 0 Å². The first-order valence-electron chi connectivity index (χ1n) is 6.30. The van der Waals surface area contributed by atoms with Gasteiger partial charge in [0.1, 0.15) is 16.4 Å². The standard InChI is InChI=1S/C12H20N2O4S/c1-9-11(8-13-3)12(10(2)18-9)19(15,16)14-4-6-17-7-5-14/h13H,4-8H2,1-3H3. The average Bonchev–Trinajstić information content (AvgIpc) is 2.66. The van der Waals surface area contributed by atoms with Crippen molar-refractivity contribution >= 4 is 10.0 Å². The van der Waals surface area contributed by atoms with E-state index in [9.17, 15) is 8.42 Å². The summed E-state index contributed by atoms with van der Waals surface area (Å²) >= 11 is 0. The summed E-state index contributed by atoms with van der Waals surface area (Å²) in [7, 11) is -1.72. The van der Waals surface area contributed by atoms with Crippen LogP contribution in [0, 0.1) is 13.8 Å². The van der Waals surface area contributed by atoms with Crippen LogP contribution in [0.4, 0.5) is 0 Å². The maximum atomic E-state index is 12.7. The molecule has 1 aliphatic heterocycles. The summed E-state index contributed by atoms with van der Waals surface area (Å²) in [4.78, 5) is 0.307. The summed E-state index contributed by atoms with van der Waals surface area (Å²) in [6, 6.07) is 0. The summed E-state index contributed by atoms with van der Waals surface area (Å²) in [5.41, 5.74) is 0.714. The predicted molar refractivity (Wildman–Crippen MR) is 70.5 cm³/mol. The van der Waals surface area contributed by atoms with Crippen molar-refractivity contribution < 1.29 is 17.6 Å². The quantitative estimate of drug-likeness (QED) is 0.880. The summed E-state index contributed by atoms with van der Waals surface area (Å²) < 4.78 is 37.6. The fourth-order valence-electron chi connectivity index (χ4n) is 2.34. The van der Waals surface area contributed by atoms with Gasteiger partial charge in [-0.15, -0.1) is 0 Å². The Morgan fingerprint density at radius 1 is 1.21 bits per heavy atom. The summed E-state index contributed by atoms with van der Waals surface area (Å²) in [6.07, 6.45) is 0. The number of nitrogens with one attached hydrogen (secondary N) is 1. The molecule has 2 heterocycles. The number of nitrogens with zero attached hydrogens (tertiary/aromatic N) is 1. The highest BCUT2D eigenvalue weighted by atomic mass is 32.2. The molecule has 0 saturated carbocycles. The molecule has 1 aromatic rings. The van der Waals surface area contributed by atoms with Gasteiger partial charge in [0, 0.05) is 25.2 Å². The van der Waals surface area contributed by atoms with Crippen LogP contribution < -0.4 is 5.32 Å². The van der Waals surface area contributed by atoms with Gasteiger partial charge in [-0.2, -0.15) is 4.31 Å². The minimum Gasteiger partial charge on any atom is -0.465 e. The van der Waals surface area contributed by atoms with Gasteiger partial charge in [-0.1, -0.05) is 0 Å². The van der Waals surface area contributed by atoms with E-state index < -0.39 is 10.0 Å². The second-order valence-electron chi connectivity index (χ2n) is 4.57. The zero-order valence-corrected chi connectivity index (χ0v) is 12.3. The molecule has 1 saturated heterocycles. The number of hydrogen-bond acceptors (Lipinski definition) is 5. The van der Waals surface area contributed by atoms with Crippen LogP contribution >= 0.6 is 0 Å². The number of rotatable bonds is 4. The van der Waals surface area contributed by atoms with Crippen molar-refractivity contribution in [1.82, 2.24) is 9.62 Å². The first-order valence-corrected chi connectivity index (χ1v) is 7.74. The molecule has 0 unspecified atom stereocenters. The molecule has 0 bridgehead atoms. The molecule has 1 aromatic heterocycles. The first kappa shape index (κ1) is 14.5. The topological polar surface area (TPSA) is 71.8 Å². The average molecular weight is 288 g/mol. The van der Waals surface area contributed by atoms with Crippen LogP contribution in [0.25, 0.3) is 0 Å². The van der Waals surface area contributed by atoms with Crippen LogP contribution in [0.3, 0.4) is 0 Å². The SMILES string of the molecule is CNCc1c(C)oc(C)c1S(=O)(=O)N1CCOCC1. The third-order valence-corrected chi connectivity index (χ3v) is 5.34. The highest BCUT2D eigenvalue weighted by Crippen LogP contribution is 2.29. The molecule has 108 valence electrons.